The van der Waals surface area contributed by atoms with Gasteiger partial charge >= 0.3 is 0 Å². The van der Waals surface area contributed by atoms with Crippen molar-refractivity contribution < 1.29 is 9.59 Å². The Hall–Kier alpha value is -1.89. The van der Waals surface area contributed by atoms with Crippen molar-refractivity contribution in [2.75, 3.05) is 22.9 Å². The smallest absolute Gasteiger partial charge is 0.243 e. The highest BCUT2D eigenvalue weighted by Crippen LogP contribution is 2.27. The molecule has 0 aromatic heterocycles. The Labute approximate surface area is 153 Å². The van der Waals surface area contributed by atoms with Gasteiger partial charge in [0.25, 0.3) is 0 Å². The van der Waals surface area contributed by atoms with E-state index in [1.165, 1.54) is 11.8 Å². The standard InChI is InChI=1S/C16H15Cl2N3O2S/c17-11-6-5-10(7-12(11)18)21-16(23)8-20-13-3-1-2-4-14(13)24-9-15(19)22/h1-7,20H,8-9H2,(H2,19,22)(H,21,23). The van der Waals surface area contributed by atoms with Gasteiger partial charge in [0.05, 0.1) is 22.3 Å². The van der Waals surface area contributed by atoms with Crippen molar-refractivity contribution in [2.45, 2.75) is 4.90 Å². The predicted octanol–water partition coefficient (Wildman–Crippen LogP) is 3.62. The van der Waals surface area contributed by atoms with Crippen LogP contribution in [0.25, 0.3) is 0 Å². The van der Waals surface area contributed by atoms with Crippen LogP contribution in [0.15, 0.2) is 47.4 Å². The molecule has 5 nitrogen and oxygen atoms in total. The van der Waals surface area contributed by atoms with E-state index < -0.39 is 5.91 Å². The zero-order valence-electron chi connectivity index (χ0n) is 12.5. The molecule has 2 amide bonds. The fourth-order valence-corrected chi connectivity index (χ4v) is 2.91. The quantitative estimate of drug-likeness (QED) is 0.637. The maximum absolute atomic E-state index is 12.0. The van der Waals surface area contributed by atoms with E-state index >= 15 is 0 Å². The molecule has 2 aromatic rings. The number of halogens is 2. The summed E-state index contributed by atoms with van der Waals surface area (Å²) in [6.45, 7) is 0.0639. The summed E-state index contributed by atoms with van der Waals surface area (Å²) in [5.74, 6) is -0.455. The van der Waals surface area contributed by atoms with Crippen LogP contribution in [0.5, 0.6) is 0 Å². The Bertz CT molecular complexity index is 756. The summed E-state index contributed by atoms with van der Waals surface area (Å²) in [5.41, 5.74) is 6.48. The molecule has 0 radical (unpaired) electrons. The first kappa shape index (κ1) is 18.4. The molecular weight excluding hydrogens is 369 g/mol. The Morgan fingerprint density at radius 2 is 1.83 bits per heavy atom. The van der Waals surface area contributed by atoms with E-state index in [0.717, 1.165) is 10.6 Å². The number of benzene rings is 2. The van der Waals surface area contributed by atoms with Crippen LogP contribution in [0.2, 0.25) is 10.0 Å². The number of thioether (sulfide) groups is 1. The molecule has 2 aromatic carbocycles. The normalized spacial score (nSPS) is 10.2. The fourth-order valence-electron chi connectivity index (χ4n) is 1.84. The summed E-state index contributed by atoms with van der Waals surface area (Å²) < 4.78 is 0. The molecule has 24 heavy (non-hydrogen) atoms. The van der Waals surface area contributed by atoms with Gasteiger partial charge in [0, 0.05) is 16.3 Å². The fraction of sp³-hybridized carbons (Fsp3) is 0.125. The van der Waals surface area contributed by atoms with Crippen LogP contribution in [0.4, 0.5) is 11.4 Å². The number of hydrogen-bond acceptors (Lipinski definition) is 4. The zero-order chi connectivity index (χ0) is 17.5. The molecule has 0 bridgehead atoms. The van der Waals surface area contributed by atoms with Gasteiger partial charge in [-0.15, -0.1) is 11.8 Å². The number of anilines is 2. The monoisotopic (exact) mass is 383 g/mol. The first-order valence-electron chi connectivity index (χ1n) is 6.94. The molecule has 0 atom stereocenters. The van der Waals surface area contributed by atoms with Gasteiger partial charge in [-0.05, 0) is 30.3 Å². The molecular formula is C16H15Cl2N3O2S. The molecule has 0 aliphatic heterocycles. The number of nitrogens with two attached hydrogens (primary N) is 1. The van der Waals surface area contributed by atoms with Gasteiger partial charge in [-0.1, -0.05) is 35.3 Å². The van der Waals surface area contributed by atoms with Crippen molar-refractivity contribution in [2.24, 2.45) is 5.73 Å². The summed E-state index contributed by atoms with van der Waals surface area (Å²) in [6, 6.07) is 12.2. The van der Waals surface area contributed by atoms with Gasteiger partial charge in [0.2, 0.25) is 11.8 Å². The summed E-state index contributed by atoms with van der Waals surface area (Å²) in [4.78, 5) is 23.8. The largest absolute Gasteiger partial charge is 0.375 e. The third kappa shape index (κ3) is 5.63. The average Bonchev–Trinajstić information content (AvgIpc) is 2.55. The van der Waals surface area contributed by atoms with E-state index in [4.69, 9.17) is 28.9 Å². The minimum atomic E-state index is -0.396. The molecule has 0 unspecified atom stereocenters. The predicted molar refractivity (Wildman–Crippen MR) is 99.9 cm³/mol. The van der Waals surface area contributed by atoms with Crippen LogP contribution in [0, 0.1) is 0 Å². The molecule has 0 spiro atoms. The summed E-state index contributed by atoms with van der Waals surface area (Å²) in [7, 11) is 0. The third-order valence-electron chi connectivity index (χ3n) is 2.90. The second-order valence-electron chi connectivity index (χ2n) is 4.78. The van der Waals surface area contributed by atoms with E-state index in [9.17, 15) is 9.59 Å². The molecule has 2 rings (SSSR count). The van der Waals surface area contributed by atoms with Crippen molar-refractivity contribution in [3.8, 4) is 0 Å². The lowest BCUT2D eigenvalue weighted by atomic mass is 10.3. The number of rotatable bonds is 7. The van der Waals surface area contributed by atoms with E-state index in [-0.39, 0.29) is 18.2 Å². The van der Waals surface area contributed by atoms with E-state index in [1.54, 1.807) is 18.2 Å². The van der Waals surface area contributed by atoms with Gasteiger partial charge in [-0.2, -0.15) is 0 Å². The van der Waals surface area contributed by atoms with Crippen LogP contribution < -0.4 is 16.4 Å². The topological polar surface area (TPSA) is 84.2 Å². The molecule has 0 aliphatic rings. The highest BCUT2D eigenvalue weighted by Gasteiger charge is 2.08. The van der Waals surface area contributed by atoms with Crippen LogP contribution in [-0.4, -0.2) is 24.1 Å². The lowest BCUT2D eigenvalue weighted by Gasteiger charge is -2.11. The van der Waals surface area contributed by atoms with Crippen molar-refractivity contribution in [1.29, 1.82) is 0 Å². The molecule has 4 N–H and O–H groups in total. The van der Waals surface area contributed by atoms with Crippen molar-refractivity contribution >= 4 is 58.2 Å². The van der Waals surface area contributed by atoms with Crippen LogP contribution >= 0.6 is 35.0 Å². The number of hydrogen-bond donors (Lipinski definition) is 3. The van der Waals surface area contributed by atoms with E-state index in [2.05, 4.69) is 10.6 Å². The Morgan fingerprint density at radius 3 is 2.54 bits per heavy atom. The highest BCUT2D eigenvalue weighted by molar-refractivity contribution is 8.00. The Balaban J connectivity index is 1.94. The van der Waals surface area contributed by atoms with Crippen molar-refractivity contribution in [3.63, 3.8) is 0 Å². The minimum absolute atomic E-state index is 0.0639. The second-order valence-corrected chi connectivity index (χ2v) is 6.61. The van der Waals surface area contributed by atoms with Crippen molar-refractivity contribution in [1.82, 2.24) is 0 Å². The molecule has 0 aliphatic carbocycles. The third-order valence-corrected chi connectivity index (χ3v) is 4.73. The number of carbonyl (C=O) groups excluding carboxylic acids is 2. The molecule has 0 saturated carbocycles. The highest BCUT2D eigenvalue weighted by atomic mass is 35.5. The Morgan fingerprint density at radius 1 is 1.08 bits per heavy atom. The van der Waals surface area contributed by atoms with Gasteiger partial charge < -0.3 is 16.4 Å². The number of primary amides is 1. The number of nitrogens with one attached hydrogen (secondary N) is 2. The first-order valence-corrected chi connectivity index (χ1v) is 8.69. The Kier molecular flexibility index (Phi) is 6.78. The molecule has 0 heterocycles. The van der Waals surface area contributed by atoms with Crippen molar-refractivity contribution in [3.05, 3.63) is 52.5 Å². The van der Waals surface area contributed by atoms with Crippen LogP contribution in [-0.2, 0) is 9.59 Å². The summed E-state index contributed by atoms with van der Waals surface area (Å²) in [6.07, 6.45) is 0. The lowest BCUT2D eigenvalue weighted by molar-refractivity contribution is -0.116. The van der Waals surface area contributed by atoms with Gasteiger partial charge in [0.15, 0.2) is 0 Å². The SMILES string of the molecule is NC(=O)CSc1ccccc1NCC(=O)Nc1ccc(Cl)c(Cl)c1. The van der Waals surface area contributed by atoms with Gasteiger partial charge in [0.1, 0.15) is 0 Å². The maximum atomic E-state index is 12.0. The van der Waals surface area contributed by atoms with E-state index in [0.29, 0.717) is 15.7 Å². The second kappa shape index (κ2) is 8.82. The number of carbonyl (C=O) groups is 2. The van der Waals surface area contributed by atoms with Crippen LogP contribution in [0.3, 0.4) is 0 Å². The van der Waals surface area contributed by atoms with Crippen LogP contribution in [0.1, 0.15) is 0 Å². The maximum Gasteiger partial charge on any atom is 0.243 e. The van der Waals surface area contributed by atoms with E-state index in [1.807, 2.05) is 24.3 Å². The minimum Gasteiger partial charge on any atom is -0.375 e. The molecule has 0 saturated heterocycles. The molecule has 8 heteroatoms. The lowest BCUT2D eigenvalue weighted by Crippen LogP contribution is -2.22. The summed E-state index contributed by atoms with van der Waals surface area (Å²) in [5, 5.41) is 6.56. The van der Waals surface area contributed by atoms with Gasteiger partial charge in [-0.25, -0.2) is 0 Å². The molecule has 0 fully saturated rings. The number of para-hydroxylation sites is 1. The average molecular weight is 384 g/mol. The summed E-state index contributed by atoms with van der Waals surface area (Å²) >= 11 is 13.1. The van der Waals surface area contributed by atoms with Gasteiger partial charge in [-0.3, -0.25) is 9.59 Å². The zero-order valence-corrected chi connectivity index (χ0v) is 14.8. The number of amides is 2. The molecule has 126 valence electrons. The first-order chi connectivity index (χ1) is 11.5.